The highest BCUT2D eigenvalue weighted by Crippen LogP contribution is 2.42. The van der Waals surface area contributed by atoms with Crippen molar-refractivity contribution in [2.45, 2.75) is 22.7 Å². The molecule has 0 radical (unpaired) electrons. The van der Waals surface area contributed by atoms with E-state index < -0.39 is 29.2 Å². The fraction of sp³-hybridized carbons (Fsp3) is 0.294. The van der Waals surface area contributed by atoms with Crippen molar-refractivity contribution in [3.8, 4) is 0 Å². The maximum absolute atomic E-state index is 12.8. The van der Waals surface area contributed by atoms with Crippen LogP contribution in [0.1, 0.15) is 10.7 Å². The molecule has 1 unspecified atom stereocenters. The van der Waals surface area contributed by atoms with Crippen molar-refractivity contribution in [1.29, 1.82) is 0 Å². The largest absolute Gasteiger partial charge is 0.477 e. The monoisotopic (exact) mass is 530 g/mol. The molecular formula is C17H15ClN6O4S4. The van der Waals surface area contributed by atoms with E-state index in [9.17, 15) is 19.5 Å². The summed E-state index contributed by atoms with van der Waals surface area (Å²) in [6, 6.07) is -0.871. The van der Waals surface area contributed by atoms with E-state index in [-0.39, 0.29) is 16.4 Å². The van der Waals surface area contributed by atoms with Crippen LogP contribution >= 0.6 is 57.8 Å². The lowest BCUT2D eigenvalue weighted by Gasteiger charge is -2.49. The highest BCUT2D eigenvalue weighted by atomic mass is 35.5. The molecule has 2 aromatic rings. The molecule has 32 heavy (non-hydrogen) atoms. The summed E-state index contributed by atoms with van der Waals surface area (Å²) >= 11 is 11.2. The summed E-state index contributed by atoms with van der Waals surface area (Å²) in [6.07, 6.45) is 0. The van der Waals surface area contributed by atoms with Gasteiger partial charge in [0.25, 0.3) is 11.8 Å². The number of fused-ring (bicyclic) bond motifs is 1. The zero-order valence-electron chi connectivity index (χ0n) is 16.3. The second kappa shape index (κ2) is 9.39. The van der Waals surface area contributed by atoms with E-state index in [0.29, 0.717) is 22.8 Å². The number of β-lactam (4-membered cyclic amide) rings is 1. The van der Waals surface area contributed by atoms with Crippen LogP contribution in [-0.4, -0.2) is 65.9 Å². The molecular weight excluding hydrogens is 516 g/mol. The fourth-order valence-electron chi connectivity index (χ4n) is 3.13. The number of nitrogen functional groups attached to an aromatic ring is 1. The van der Waals surface area contributed by atoms with E-state index >= 15 is 0 Å². The Bertz CT molecular complexity index is 1160. The van der Waals surface area contributed by atoms with Crippen LogP contribution in [0.2, 0.25) is 0 Å². The lowest BCUT2D eigenvalue weighted by molar-refractivity contribution is -0.150. The number of hydrogen-bond acceptors (Lipinski definition) is 11. The minimum atomic E-state index is -1.18. The van der Waals surface area contributed by atoms with Gasteiger partial charge in [-0.3, -0.25) is 14.5 Å². The van der Waals surface area contributed by atoms with E-state index in [4.69, 9.17) is 17.3 Å². The van der Waals surface area contributed by atoms with E-state index in [0.717, 1.165) is 26.2 Å². The lowest BCUT2D eigenvalue weighted by atomic mass is 10.0. The number of hydrogen-bond donors (Lipinski definition) is 3. The van der Waals surface area contributed by atoms with Gasteiger partial charge in [-0.1, -0.05) is 34.7 Å². The summed E-state index contributed by atoms with van der Waals surface area (Å²) in [6.45, 7) is 1.84. The number of aliphatic carboxylic acids is 1. The highest BCUT2D eigenvalue weighted by molar-refractivity contribution is 8.01. The number of aromatic nitrogens is 3. The molecule has 0 saturated carbocycles. The third-order valence-electron chi connectivity index (χ3n) is 4.57. The molecule has 0 bridgehead atoms. The Morgan fingerprint density at radius 3 is 2.84 bits per heavy atom. The Morgan fingerprint density at radius 1 is 1.47 bits per heavy atom. The second-order valence-corrected chi connectivity index (χ2v) is 11.2. The molecule has 0 aromatic carbocycles. The maximum atomic E-state index is 12.8. The van der Waals surface area contributed by atoms with Crippen molar-refractivity contribution in [2.75, 3.05) is 17.2 Å². The molecule has 1 fully saturated rings. The molecule has 2 aliphatic rings. The van der Waals surface area contributed by atoms with Gasteiger partial charge < -0.3 is 16.2 Å². The molecule has 2 aromatic heterocycles. The van der Waals surface area contributed by atoms with Gasteiger partial charge in [-0.2, -0.15) is 0 Å². The third-order valence-corrected chi connectivity index (χ3v) is 8.86. The van der Waals surface area contributed by atoms with Crippen LogP contribution in [0.4, 0.5) is 5.13 Å². The van der Waals surface area contributed by atoms with Gasteiger partial charge in [0.2, 0.25) is 0 Å². The number of nitrogens with zero attached hydrogens (tertiary/aromatic N) is 4. The topological polar surface area (TPSA) is 151 Å². The maximum Gasteiger partial charge on any atom is 0.352 e. The van der Waals surface area contributed by atoms with E-state index in [1.54, 1.807) is 5.38 Å². The van der Waals surface area contributed by atoms with Crippen molar-refractivity contribution < 1.29 is 19.5 Å². The Hall–Kier alpha value is -2.13. The zero-order valence-corrected chi connectivity index (χ0v) is 20.3. The molecule has 4 rings (SSSR count). The standard InChI is InChI=1S/C17H15ClN6O4S4/c1-6-22-23-17(32-6)31-4-7-3-29-14-10(13(26)24(14)11(7)15(27)28)21-12(25)8(2-18)9-5-30-16(19)20-9/h2,5,10,14H,3-4H2,1H3,(H2,19,20)(H,21,25)(H,27,28)/b8-2+/t10?,14-/m1/s1. The van der Waals surface area contributed by atoms with Gasteiger partial charge in [-0.05, 0) is 12.5 Å². The predicted octanol–water partition coefficient (Wildman–Crippen LogP) is 2.00. The second-order valence-electron chi connectivity index (χ2n) is 6.59. The van der Waals surface area contributed by atoms with Gasteiger partial charge in [-0.15, -0.1) is 33.3 Å². The minimum Gasteiger partial charge on any atom is -0.477 e. The number of nitrogens with one attached hydrogen (secondary N) is 1. The number of halogens is 1. The van der Waals surface area contributed by atoms with E-state index in [1.165, 1.54) is 39.8 Å². The number of thioether (sulfide) groups is 2. The molecule has 15 heteroatoms. The SMILES string of the molecule is Cc1nnc(SCC2=C(C(=O)O)N3C(=O)C(NC(=O)/C(=C/Cl)c4csc(N)n4)[C@H]3SC2)s1. The van der Waals surface area contributed by atoms with Gasteiger partial charge in [0.1, 0.15) is 22.1 Å². The highest BCUT2D eigenvalue weighted by Gasteiger charge is 2.54. The van der Waals surface area contributed by atoms with Crippen molar-refractivity contribution >= 4 is 86.3 Å². The van der Waals surface area contributed by atoms with Gasteiger partial charge in [-0.25, -0.2) is 9.78 Å². The Morgan fingerprint density at radius 2 is 2.25 bits per heavy atom. The number of carbonyl (C=O) groups excluding carboxylic acids is 2. The lowest BCUT2D eigenvalue weighted by Crippen LogP contribution is -2.70. The first-order chi connectivity index (χ1) is 15.3. The summed E-state index contributed by atoms with van der Waals surface area (Å²) in [4.78, 5) is 42.7. The average molecular weight is 531 g/mol. The number of nitrogens with two attached hydrogens (primary N) is 1. The molecule has 0 spiro atoms. The zero-order chi connectivity index (χ0) is 23.0. The van der Waals surface area contributed by atoms with Gasteiger partial charge in [0, 0.05) is 22.4 Å². The Balaban J connectivity index is 1.48. The van der Waals surface area contributed by atoms with Gasteiger partial charge >= 0.3 is 5.97 Å². The first-order valence-electron chi connectivity index (χ1n) is 8.95. The Labute approximate surface area is 203 Å². The van der Waals surface area contributed by atoms with Crippen LogP contribution < -0.4 is 11.1 Å². The molecule has 0 aliphatic carbocycles. The van der Waals surface area contributed by atoms with Crippen molar-refractivity contribution in [2.24, 2.45) is 0 Å². The number of carboxylic acid groups (broad SMARTS) is 1. The molecule has 2 aliphatic heterocycles. The molecule has 1 saturated heterocycles. The summed E-state index contributed by atoms with van der Waals surface area (Å²) in [5, 5.41) is 22.5. The van der Waals surface area contributed by atoms with Crippen LogP contribution in [0.5, 0.6) is 0 Å². The van der Waals surface area contributed by atoms with Crippen molar-refractivity contribution in [3.63, 3.8) is 0 Å². The summed E-state index contributed by atoms with van der Waals surface area (Å²) in [5.41, 5.74) is 7.64. The first-order valence-corrected chi connectivity index (χ1v) is 13.1. The predicted molar refractivity (Wildman–Crippen MR) is 125 cm³/mol. The summed E-state index contributed by atoms with van der Waals surface area (Å²) in [5.74, 6) is -1.47. The van der Waals surface area contributed by atoms with Crippen LogP contribution in [0.3, 0.4) is 0 Å². The van der Waals surface area contributed by atoms with Gasteiger partial charge in [0.05, 0.1) is 11.3 Å². The molecule has 10 nitrogen and oxygen atoms in total. The molecule has 2 amide bonds. The minimum absolute atomic E-state index is 0.0432. The summed E-state index contributed by atoms with van der Waals surface area (Å²) in [7, 11) is 0. The normalized spacial score (nSPS) is 20.8. The van der Waals surface area contributed by atoms with E-state index in [2.05, 4.69) is 20.5 Å². The number of carbonyl (C=O) groups is 3. The average Bonchev–Trinajstić information content (AvgIpc) is 3.38. The fourth-order valence-corrected chi connectivity index (χ4v) is 7.21. The van der Waals surface area contributed by atoms with Crippen LogP contribution in [0.25, 0.3) is 5.57 Å². The number of anilines is 1. The molecule has 168 valence electrons. The molecule has 4 heterocycles. The van der Waals surface area contributed by atoms with E-state index in [1.807, 2.05) is 6.92 Å². The molecule has 2 atom stereocenters. The van der Waals surface area contributed by atoms with Crippen molar-refractivity contribution in [1.82, 2.24) is 25.4 Å². The van der Waals surface area contributed by atoms with Crippen LogP contribution in [0, 0.1) is 6.92 Å². The first kappa shape index (κ1) is 23.0. The number of carboxylic acids is 1. The number of rotatable bonds is 7. The van der Waals surface area contributed by atoms with Crippen LogP contribution in [-0.2, 0) is 14.4 Å². The molecule has 4 N–H and O–H groups in total. The van der Waals surface area contributed by atoms with Gasteiger partial charge in [0.15, 0.2) is 9.47 Å². The summed E-state index contributed by atoms with van der Waals surface area (Å²) < 4.78 is 0.731. The number of amides is 2. The van der Waals surface area contributed by atoms with Crippen molar-refractivity contribution in [3.05, 3.63) is 32.9 Å². The number of thiazole rings is 1. The van der Waals surface area contributed by atoms with Crippen LogP contribution in [0.15, 0.2) is 26.5 Å². The number of aryl methyl sites for hydroxylation is 1. The smallest absolute Gasteiger partial charge is 0.352 e. The third kappa shape index (κ3) is 4.37. The Kier molecular flexibility index (Phi) is 6.76. The quantitative estimate of drug-likeness (QED) is 0.275.